The van der Waals surface area contributed by atoms with Gasteiger partial charge in [-0.05, 0) is 36.6 Å². The van der Waals surface area contributed by atoms with Gasteiger partial charge in [-0.3, -0.25) is 0 Å². The minimum absolute atomic E-state index is 0.0835. The summed E-state index contributed by atoms with van der Waals surface area (Å²) < 4.78 is 69.7. The Labute approximate surface area is 194 Å². The fourth-order valence-corrected chi connectivity index (χ4v) is 4.61. The average molecular weight is 495 g/mol. The number of anilines is 1. The van der Waals surface area contributed by atoms with E-state index >= 15 is 4.39 Å². The van der Waals surface area contributed by atoms with E-state index in [2.05, 4.69) is 15.0 Å². The van der Waals surface area contributed by atoms with Gasteiger partial charge in [0.25, 0.3) is 0 Å². The smallest absolute Gasteiger partial charge is 0.433 e. The lowest BCUT2D eigenvalue weighted by Gasteiger charge is -2.36. The van der Waals surface area contributed by atoms with E-state index in [1.807, 2.05) is 0 Å². The number of aromatic nitrogens is 3. The van der Waals surface area contributed by atoms with E-state index in [0.717, 1.165) is 12.3 Å². The molecule has 1 atom stereocenters. The van der Waals surface area contributed by atoms with Gasteiger partial charge in [-0.25, -0.2) is 18.7 Å². The van der Waals surface area contributed by atoms with Crippen molar-refractivity contribution in [1.82, 2.24) is 15.0 Å². The molecule has 2 N–H and O–H groups in total. The molecule has 0 aliphatic carbocycles. The first-order valence-electron chi connectivity index (χ1n) is 10.2. The molecular formula is C23H16ClF5N4O. The minimum Gasteiger partial charge on any atom is -0.506 e. The third kappa shape index (κ3) is 3.53. The average Bonchev–Trinajstić information content (AvgIpc) is 3.16. The number of fused-ring (bicyclic) bond motifs is 3. The van der Waals surface area contributed by atoms with Crippen molar-refractivity contribution in [2.75, 3.05) is 11.4 Å². The molecule has 0 saturated carbocycles. The Morgan fingerprint density at radius 3 is 2.65 bits per heavy atom. The number of hydrogen-bond donors (Lipinski definition) is 2. The highest BCUT2D eigenvalue weighted by molar-refractivity contribution is 6.31. The molecule has 3 heterocycles. The quantitative estimate of drug-likeness (QED) is 0.332. The maximum Gasteiger partial charge on any atom is 0.433 e. The first kappa shape index (κ1) is 22.4. The zero-order valence-corrected chi connectivity index (χ0v) is 18.3. The van der Waals surface area contributed by atoms with Crippen LogP contribution in [0.2, 0.25) is 5.02 Å². The summed E-state index contributed by atoms with van der Waals surface area (Å²) in [5.74, 6) is -2.62. The van der Waals surface area contributed by atoms with E-state index in [1.165, 1.54) is 30.0 Å². The van der Waals surface area contributed by atoms with Gasteiger partial charge in [-0.15, -0.1) is 0 Å². The number of hydrogen-bond acceptors (Lipinski definition) is 4. The maximum absolute atomic E-state index is 15.2. The van der Waals surface area contributed by atoms with Crippen molar-refractivity contribution >= 4 is 28.5 Å². The lowest BCUT2D eigenvalue weighted by Crippen LogP contribution is -2.38. The molecule has 0 bridgehead atoms. The van der Waals surface area contributed by atoms with Gasteiger partial charge in [-0.1, -0.05) is 23.7 Å². The number of aryl methyl sites for hydroxylation is 1. The van der Waals surface area contributed by atoms with Crippen LogP contribution in [-0.4, -0.2) is 26.6 Å². The summed E-state index contributed by atoms with van der Waals surface area (Å²) in [7, 11) is 0. The van der Waals surface area contributed by atoms with Crippen molar-refractivity contribution in [2.45, 2.75) is 25.6 Å². The zero-order valence-electron chi connectivity index (χ0n) is 17.5. The molecule has 11 heteroatoms. The van der Waals surface area contributed by atoms with Gasteiger partial charge >= 0.3 is 6.18 Å². The number of benzene rings is 2. The van der Waals surface area contributed by atoms with E-state index in [-0.39, 0.29) is 34.4 Å². The third-order valence-electron chi connectivity index (χ3n) is 5.97. The van der Waals surface area contributed by atoms with Crippen LogP contribution in [0, 0.1) is 18.6 Å². The van der Waals surface area contributed by atoms with Crippen molar-refractivity contribution in [3.05, 3.63) is 81.3 Å². The standard InChI is InChI=1S/C23H16ClF5N4O/c1-10-2-3-13(18(26)17(10)25)21-20-12(14-8-11(24)9-15(34)19(14)32-20)5-7-33(21)22-30-6-4-16(31-22)23(27,28)29/h2-4,6,8-9,21,32,34H,5,7H2,1H3. The van der Waals surface area contributed by atoms with E-state index in [9.17, 15) is 22.7 Å². The number of nitrogens with one attached hydrogen (secondary N) is 1. The van der Waals surface area contributed by atoms with Gasteiger partial charge in [0.1, 0.15) is 17.5 Å². The molecule has 0 spiro atoms. The molecule has 2 aromatic carbocycles. The Bertz CT molecular complexity index is 1440. The Morgan fingerprint density at radius 1 is 1.15 bits per heavy atom. The Hall–Kier alpha value is -3.40. The number of halogens is 6. The molecular weight excluding hydrogens is 479 g/mol. The number of aromatic amines is 1. The number of alkyl halides is 3. The number of phenolic OH excluding ortho intramolecular Hbond substituents is 1. The highest BCUT2D eigenvalue weighted by atomic mass is 35.5. The molecule has 34 heavy (non-hydrogen) atoms. The second-order valence-corrected chi connectivity index (χ2v) is 8.49. The molecule has 2 aromatic heterocycles. The van der Waals surface area contributed by atoms with Crippen molar-refractivity contribution in [3.63, 3.8) is 0 Å². The SMILES string of the molecule is Cc1ccc(C2c3[nH]c4c(O)cc(Cl)cc4c3CCN2c2nccc(C(F)(F)F)n2)c(F)c1F. The van der Waals surface area contributed by atoms with Crippen molar-refractivity contribution in [2.24, 2.45) is 0 Å². The zero-order chi connectivity index (χ0) is 24.4. The van der Waals surface area contributed by atoms with Gasteiger partial charge < -0.3 is 15.0 Å². The number of aromatic hydroxyl groups is 1. The van der Waals surface area contributed by atoms with Crippen LogP contribution < -0.4 is 4.90 Å². The topological polar surface area (TPSA) is 65.0 Å². The largest absolute Gasteiger partial charge is 0.506 e. The second kappa shape index (κ2) is 7.83. The lowest BCUT2D eigenvalue weighted by atomic mass is 9.91. The fraction of sp³-hybridized carbons (Fsp3) is 0.217. The normalized spacial score (nSPS) is 16.2. The van der Waals surface area contributed by atoms with Gasteiger partial charge in [0.15, 0.2) is 11.6 Å². The predicted octanol–water partition coefficient (Wildman–Crippen LogP) is 6.07. The highest BCUT2D eigenvalue weighted by Crippen LogP contribution is 2.43. The van der Waals surface area contributed by atoms with E-state index in [4.69, 9.17) is 11.6 Å². The lowest BCUT2D eigenvalue weighted by molar-refractivity contribution is -0.141. The molecule has 176 valence electrons. The summed E-state index contributed by atoms with van der Waals surface area (Å²) in [6, 6.07) is 5.39. The van der Waals surface area contributed by atoms with Gasteiger partial charge in [0.05, 0.1) is 5.52 Å². The van der Waals surface area contributed by atoms with Crippen LogP contribution in [0.15, 0.2) is 36.5 Å². The molecule has 0 fully saturated rings. The Balaban J connectivity index is 1.76. The number of H-pyrrole nitrogens is 1. The maximum atomic E-state index is 15.2. The van der Waals surface area contributed by atoms with Crippen LogP contribution in [0.1, 0.15) is 34.1 Å². The number of phenols is 1. The van der Waals surface area contributed by atoms with Crippen molar-refractivity contribution < 1.29 is 27.1 Å². The van der Waals surface area contributed by atoms with E-state index in [1.54, 1.807) is 6.07 Å². The van der Waals surface area contributed by atoms with Crippen LogP contribution >= 0.6 is 11.6 Å². The fourth-order valence-electron chi connectivity index (χ4n) is 4.39. The molecule has 0 saturated heterocycles. The molecule has 1 unspecified atom stereocenters. The van der Waals surface area contributed by atoms with Gasteiger partial charge in [0, 0.05) is 40.5 Å². The van der Waals surface area contributed by atoms with Gasteiger partial charge in [0.2, 0.25) is 5.95 Å². The predicted molar refractivity (Wildman–Crippen MR) is 116 cm³/mol. The van der Waals surface area contributed by atoms with E-state index in [0.29, 0.717) is 28.6 Å². The summed E-state index contributed by atoms with van der Waals surface area (Å²) in [5, 5.41) is 11.3. The molecule has 0 radical (unpaired) electrons. The van der Waals surface area contributed by atoms with Gasteiger partial charge in [-0.2, -0.15) is 13.2 Å². The first-order valence-corrected chi connectivity index (χ1v) is 10.6. The molecule has 1 aliphatic rings. The number of nitrogens with zero attached hydrogens (tertiary/aromatic N) is 3. The highest BCUT2D eigenvalue weighted by Gasteiger charge is 2.38. The van der Waals surface area contributed by atoms with Crippen LogP contribution in [0.5, 0.6) is 5.75 Å². The molecule has 5 rings (SSSR count). The number of rotatable bonds is 2. The molecule has 1 aliphatic heterocycles. The van der Waals surface area contributed by atoms with Crippen LogP contribution in [0.3, 0.4) is 0 Å². The van der Waals surface area contributed by atoms with E-state index < -0.39 is 29.5 Å². The summed E-state index contributed by atoms with van der Waals surface area (Å²) >= 11 is 6.10. The molecule has 4 aromatic rings. The van der Waals surface area contributed by atoms with Crippen LogP contribution in [0.4, 0.5) is 27.9 Å². The Kier molecular flexibility index (Phi) is 5.16. The first-order chi connectivity index (χ1) is 16.1. The summed E-state index contributed by atoms with van der Waals surface area (Å²) in [6.07, 6.45) is -3.43. The summed E-state index contributed by atoms with van der Waals surface area (Å²) in [4.78, 5) is 12.1. The summed E-state index contributed by atoms with van der Waals surface area (Å²) in [5.41, 5.74) is 0.212. The molecule has 0 amide bonds. The second-order valence-electron chi connectivity index (χ2n) is 8.05. The monoisotopic (exact) mass is 494 g/mol. The molecule has 5 nitrogen and oxygen atoms in total. The van der Waals surface area contributed by atoms with Crippen molar-refractivity contribution in [1.29, 1.82) is 0 Å². The minimum atomic E-state index is -4.71. The third-order valence-corrected chi connectivity index (χ3v) is 6.19. The van der Waals surface area contributed by atoms with Crippen LogP contribution in [0.25, 0.3) is 10.9 Å². The summed E-state index contributed by atoms with van der Waals surface area (Å²) in [6.45, 7) is 1.51. The Morgan fingerprint density at radius 2 is 1.91 bits per heavy atom. The van der Waals surface area contributed by atoms with Crippen LogP contribution in [-0.2, 0) is 12.6 Å². The van der Waals surface area contributed by atoms with Crippen molar-refractivity contribution in [3.8, 4) is 5.75 Å².